The Morgan fingerprint density at radius 3 is 2.83 bits per heavy atom. The number of pyridine rings is 1. The number of aryl methyl sites for hydroxylation is 1. The molecule has 1 N–H and O–H groups in total. The van der Waals surface area contributed by atoms with E-state index in [4.69, 9.17) is 23.2 Å². The van der Waals surface area contributed by atoms with Crippen LogP contribution in [0.4, 0.5) is 0 Å². The summed E-state index contributed by atoms with van der Waals surface area (Å²) in [5.74, 6) is 0. The van der Waals surface area contributed by atoms with Gasteiger partial charge < -0.3 is 5.32 Å². The maximum atomic E-state index is 6.55. The van der Waals surface area contributed by atoms with Gasteiger partial charge in [-0.1, -0.05) is 41.4 Å². The topological polar surface area (TPSA) is 28.2 Å². The monoisotopic (exact) mass is 349 g/mol. The van der Waals surface area contributed by atoms with Gasteiger partial charge in [0.25, 0.3) is 0 Å². The highest BCUT2D eigenvalue weighted by atomic mass is 35.5. The van der Waals surface area contributed by atoms with Gasteiger partial charge in [-0.2, -0.15) is 0 Å². The van der Waals surface area contributed by atoms with Crippen molar-refractivity contribution in [3.63, 3.8) is 0 Å². The van der Waals surface area contributed by atoms with Gasteiger partial charge in [-0.05, 0) is 43.1 Å². The molecule has 0 saturated carbocycles. The molecule has 1 atom stereocenters. The predicted octanol–water partition coefficient (Wildman–Crippen LogP) is 4.08. The van der Waals surface area contributed by atoms with Crippen molar-refractivity contribution in [1.82, 2.24) is 15.2 Å². The number of aromatic nitrogens is 1. The summed E-state index contributed by atoms with van der Waals surface area (Å²) in [5.41, 5.74) is 3.26. The lowest BCUT2D eigenvalue weighted by atomic mass is 9.97. The van der Waals surface area contributed by atoms with Gasteiger partial charge in [-0.25, -0.2) is 0 Å². The van der Waals surface area contributed by atoms with Crippen molar-refractivity contribution in [1.29, 1.82) is 0 Å². The Balaban J connectivity index is 2.09. The Bertz CT molecular complexity index is 667. The van der Waals surface area contributed by atoms with Crippen molar-refractivity contribution in [3.8, 4) is 0 Å². The highest BCUT2D eigenvalue weighted by Gasteiger charge is 2.27. The van der Waals surface area contributed by atoms with Crippen molar-refractivity contribution in [3.05, 3.63) is 63.4 Å². The fourth-order valence-electron chi connectivity index (χ4n) is 3.16. The van der Waals surface area contributed by atoms with E-state index in [1.54, 1.807) is 0 Å². The maximum absolute atomic E-state index is 6.55. The number of rotatable bonds is 3. The average molecular weight is 350 g/mol. The summed E-state index contributed by atoms with van der Waals surface area (Å²) in [6.45, 7) is 6.10. The number of hydrogen-bond donors (Lipinski definition) is 1. The quantitative estimate of drug-likeness (QED) is 0.904. The first-order valence-corrected chi connectivity index (χ1v) is 8.74. The third kappa shape index (κ3) is 3.69. The van der Waals surface area contributed by atoms with Crippen LogP contribution in [0.25, 0.3) is 0 Å². The summed E-state index contributed by atoms with van der Waals surface area (Å²) in [5, 5.41) is 4.67. The first kappa shape index (κ1) is 16.7. The second-order valence-electron chi connectivity index (χ2n) is 5.89. The van der Waals surface area contributed by atoms with E-state index in [2.05, 4.69) is 34.3 Å². The summed E-state index contributed by atoms with van der Waals surface area (Å²) in [7, 11) is 0. The molecule has 1 fully saturated rings. The molecule has 1 aromatic heterocycles. The molecule has 1 unspecified atom stereocenters. The highest BCUT2D eigenvalue weighted by molar-refractivity contribution is 6.42. The molecule has 2 aromatic rings. The van der Waals surface area contributed by atoms with Crippen molar-refractivity contribution < 1.29 is 0 Å². The number of nitrogens with zero attached hydrogens (tertiary/aromatic N) is 2. The van der Waals surface area contributed by atoms with Crippen LogP contribution in [-0.2, 0) is 0 Å². The molecule has 3 rings (SSSR count). The van der Waals surface area contributed by atoms with Crippen molar-refractivity contribution in [2.75, 3.05) is 26.2 Å². The summed E-state index contributed by atoms with van der Waals surface area (Å²) >= 11 is 12.8. The van der Waals surface area contributed by atoms with Gasteiger partial charge in [-0.15, -0.1) is 0 Å². The molecule has 23 heavy (non-hydrogen) atoms. The van der Waals surface area contributed by atoms with E-state index in [1.807, 2.05) is 24.4 Å². The fourth-order valence-corrected chi connectivity index (χ4v) is 3.57. The van der Waals surface area contributed by atoms with Gasteiger partial charge in [-0.3, -0.25) is 9.88 Å². The lowest BCUT2D eigenvalue weighted by molar-refractivity contribution is 0.237. The Morgan fingerprint density at radius 2 is 2.00 bits per heavy atom. The van der Waals surface area contributed by atoms with Gasteiger partial charge in [0.2, 0.25) is 0 Å². The van der Waals surface area contributed by atoms with Gasteiger partial charge in [0.1, 0.15) is 0 Å². The second-order valence-corrected chi connectivity index (χ2v) is 6.68. The minimum atomic E-state index is 0.0299. The molecule has 3 nitrogen and oxygen atoms in total. The van der Waals surface area contributed by atoms with Gasteiger partial charge in [0, 0.05) is 25.8 Å². The molecule has 1 aliphatic heterocycles. The summed E-state index contributed by atoms with van der Waals surface area (Å²) in [4.78, 5) is 7.12. The Labute approximate surface area is 147 Å². The summed E-state index contributed by atoms with van der Waals surface area (Å²) in [6.07, 6.45) is 2.96. The zero-order valence-electron chi connectivity index (χ0n) is 13.2. The molecule has 1 aliphatic rings. The van der Waals surface area contributed by atoms with Gasteiger partial charge >= 0.3 is 0 Å². The second kappa shape index (κ2) is 7.63. The predicted molar refractivity (Wildman–Crippen MR) is 96.3 cm³/mol. The van der Waals surface area contributed by atoms with Crippen LogP contribution in [0.2, 0.25) is 10.0 Å². The lowest BCUT2D eigenvalue weighted by Gasteiger charge is -2.32. The first-order valence-electron chi connectivity index (χ1n) is 7.98. The minimum absolute atomic E-state index is 0.0299. The van der Waals surface area contributed by atoms with Crippen LogP contribution < -0.4 is 5.32 Å². The van der Waals surface area contributed by atoms with E-state index in [9.17, 15) is 0 Å². The smallest absolute Gasteiger partial charge is 0.0794 e. The van der Waals surface area contributed by atoms with Crippen LogP contribution in [0, 0.1) is 6.92 Å². The van der Waals surface area contributed by atoms with Crippen LogP contribution in [0.15, 0.2) is 36.5 Å². The van der Waals surface area contributed by atoms with Crippen LogP contribution in [0.5, 0.6) is 0 Å². The minimum Gasteiger partial charge on any atom is -0.315 e. The molecule has 5 heteroatoms. The molecular weight excluding hydrogens is 329 g/mol. The normalized spacial score (nSPS) is 17.7. The van der Waals surface area contributed by atoms with Crippen LogP contribution >= 0.6 is 23.2 Å². The third-order valence-electron chi connectivity index (χ3n) is 4.32. The highest BCUT2D eigenvalue weighted by Crippen LogP contribution is 2.37. The molecular formula is C18H21Cl2N3. The Hall–Kier alpha value is -1.13. The first-order chi connectivity index (χ1) is 11.2. The third-order valence-corrected chi connectivity index (χ3v) is 5.16. The summed E-state index contributed by atoms with van der Waals surface area (Å²) in [6, 6.07) is 9.96. The maximum Gasteiger partial charge on any atom is 0.0794 e. The van der Waals surface area contributed by atoms with Crippen molar-refractivity contribution in [2.24, 2.45) is 0 Å². The number of nitrogens with one attached hydrogen (secondary N) is 1. The Morgan fingerprint density at radius 1 is 1.13 bits per heavy atom. The molecule has 0 radical (unpaired) electrons. The summed E-state index contributed by atoms with van der Waals surface area (Å²) < 4.78 is 0. The van der Waals surface area contributed by atoms with Crippen LogP contribution in [-0.4, -0.2) is 36.1 Å². The van der Waals surface area contributed by atoms with E-state index >= 15 is 0 Å². The van der Waals surface area contributed by atoms with Gasteiger partial charge in [0.05, 0.1) is 21.8 Å². The van der Waals surface area contributed by atoms with E-state index in [1.165, 1.54) is 5.56 Å². The van der Waals surface area contributed by atoms with E-state index in [-0.39, 0.29) is 6.04 Å². The van der Waals surface area contributed by atoms with Crippen molar-refractivity contribution in [2.45, 2.75) is 19.4 Å². The number of benzene rings is 1. The average Bonchev–Trinajstić information content (AvgIpc) is 2.83. The Kier molecular flexibility index (Phi) is 5.54. The van der Waals surface area contributed by atoms with E-state index < -0.39 is 0 Å². The standard InChI is InChI=1S/C18H21Cl2N3/c1-13-5-3-9-22-17(13)18(23-11-4-8-21-10-12-23)14-6-2-7-15(19)16(14)20/h2-3,5-7,9,18,21H,4,8,10-12H2,1H3. The van der Waals surface area contributed by atoms with Crippen LogP contribution in [0.1, 0.15) is 29.3 Å². The van der Waals surface area contributed by atoms with Crippen LogP contribution in [0.3, 0.4) is 0 Å². The van der Waals surface area contributed by atoms with Gasteiger partial charge in [0.15, 0.2) is 0 Å². The molecule has 0 bridgehead atoms. The van der Waals surface area contributed by atoms with E-state index in [0.717, 1.165) is 43.9 Å². The SMILES string of the molecule is Cc1cccnc1C(c1cccc(Cl)c1Cl)N1CCCNCC1. The molecule has 0 amide bonds. The number of halogens is 2. The lowest BCUT2D eigenvalue weighted by Crippen LogP contribution is -2.34. The largest absolute Gasteiger partial charge is 0.315 e. The zero-order chi connectivity index (χ0) is 16.2. The zero-order valence-corrected chi connectivity index (χ0v) is 14.7. The molecule has 0 aliphatic carbocycles. The molecule has 122 valence electrons. The fraction of sp³-hybridized carbons (Fsp3) is 0.389. The molecule has 1 aromatic carbocycles. The molecule has 2 heterocycles. The molecule has 1 saturated heterocycles. The van der Waals surface area contributed by atoms with Crippen molar-refractivity contribution >= 4 is 23.2 Å². The van der Waals surface area contributed by atoms with E-state index in [0.29, 0.717) is 10.0 Å². The number of hydrogen-bond acceptors (Lipinski definition) is 3. The molecule has 0 spiro atoms.